The quantitative estimate of drug-likeness (QED) is 0.704. The summed E-state index contributed by atoms with van der Waals surface area (Å²) < 4.78 is 27.6. The summed E-state index contributed by atoms with van der Waals surface area (Å²) in [6.45, 7) is 0.899. The maximum atomic E-state index is 12.5. The summed E-state index contributed by atoms with van der Waals surface area (Å²) in [7, 11) is -3.72. The minimum absolute atomic E-state index is 0.141. The lowest BCUT2D eigenvalue weighted by molar-refractivity contribution is -0.116. The molecule has 0 radical (unpaired) electrons. The van der Waals surface area contributed by atoms with Crippen LogP contribution in [0.2, 0.25) is 0 Å². The highest BCUT2D eigenvalue weighted by Gasteiger charge is 2.19. The van der Waals surface area contributed by atoms with Gasteiger partial charge in [0.25, 0.3) is 10.0 Å². The second-order valence-electron chi connectivity index (χ2n) is 5.94. The molecule has 2 aromatic rings. The van der Waals surface area contributed by atoms with E-state index >= 15 is 0 Å². The van der Waals surface area contributed by atoms with Crippen molar-refractivity contribution in [3.63, 3.8) is 0 Å². The molecule has 1 aliphatic heterocycles. The molecule has 2 aromatic carbocycles. The molecule has 3 N–H and O–H groups in total. The van der Waals surface area contributed by atoms with Crippen molar-refractivity contribution in [1.29, 1.82) is 0 Å². The Morgan fingerprint density at radius 2 is 1.77 bits per heavy atom. The van der Waals surface area contributed by atoms with Crippen molar-refractivity contribution in [3.05, 3.63) is 54.6 Å². The number of benzene rings is 2. The standard InChI is InChI=1S/C18H21N3O3S2/c22-18(12-14-13-25-11-10-19-14)20-16-8-4-5-9-17(16)21-26(23,24)15-6-2-1-3-7-15/h1-9,14,19,21H,10-13H2,(H,20,22). The Bertz CT molecular complexity index is 851. The third-order valence-corrected chi connectivity index (χ3v) is 6.44. The number of hydrogen-bond acceptors (Lipinski definition) is 5. The van der Waals surface area contributed by atoms with Gasteiger partial charge in [0.1, 0.15) is 0 Å². The topological polar surface area (TPSA) is 87.3 Å². The van der Waals surface area contributed by atoms with Crippen molar-refractivity contribution < 1.29 is 13.2 Å². The van der Waals surface area contributed by atoms with Crippen LogP contribution in [0.1, 0.15) is 6.42 Å². The average Bonchev–Trinajstić information content (AvgIpc) is 2.65. The summed E-state index contributed by atoms with van der Waals surface area (Å²) in [6.07, 6.45) is 0.354. The first-order valence-electron chi connectivity index (χ1n) is 8.32. The fourth-order valence-electron chi connectivity index (χ4n) is 2.66. The number of para-hydroxylation sites is 2. The van der Waals surface area contributed by atoms with Crippen LogP contribution in [0.3, 0.4) is 0 Å². The second kappa shape index (κ2) is 8.57. The zero-order valence-electron chi connectivity index (χ0n) is 14.1. The van der Waals surface area contributed by atoms with E-state index in [9.17, 15) is 13.2 Å². The Balaban J connectivity index is 1.71. The zero-order valence-corrected chi connectivity index (χ0v) is 15.8. The summed E-state index contributed by atoms with van der Waals surface area (Å²) in [5, 5.41) is 6.13. The first-order chi connectivity index (χ1) is 12.5. The van der Waals surface area contributed by atoms with Crippen molar-refractivity contribution in [1.82, 2.24) is 5.32 Å². The lowest BCUT2D eigenvalue weighted by atomic mass is 10.2. The smallest absolute Gasteiger partial charge is 0.261 e. The number of nitrogens with one attached hydrogen (secondary N) is 3. The molecule has 0 aliphatic carbocycles. The second-order valence-corrected chi connectivity index (χ2v) is 8.77. The summed E-state index contributed by atoms with van der Waals surface area (Å²) in [5.74, 6) is 1.81. The fraction of sp³-hybridized carbons (Fsp3) is 0.278. The van der Waals surface area contributed by atoms with Gasteiger partial charge >= 0.3 is 0 Å². The van der Waals surface area contributed by atoms with E-state index < -0.39 is 10.0 Å². The van der Waals surface area contributed by atoms with E-state index in [2.05, 4.69) is 15.4 Å². The Morgan fingerprint density at radius 3 is 2.46 bits per heavy atom. The minimum atomic E-state index is -3.72. The van der Waals surface area contributed by atoms with Crippen molar-refractivity contribution in [2.45, 2.75) is 17.4 Å². The zero-order chi connectivity index (χ0) is 18.4. The first-order valence-corrected chi connectivity index (χ1v) is 11.0. The van der Waals surface area contributed by atoms with Crippen LogP contribution in [-0.2, 0) is 14.8 Å². The third-order valence-electron chi connectivity index (χ3n) is 3.93. The fourth-order valence-corrected chi connectivity index (χ4v) is 4.71. The number of carbonyl (C=O) groups is 1. The SMILES string of the molecule is O=C(CC1CSCCN1)Nc1ccccc1NS(=O)(=O)c1ccccc1. The number of anilines is 2. The number of sulfonamides is 1. The van der Waals surface area contributed by atoms with E-state index in [4.69, 9.17) is 0 Å². The van der Waals surface area contributed by atoms with Gasteiger partial charge < -0.3 is 10.6 Å². The van der Waals surface area contributed by atoms with Crippen LogP contribution in [0.15, 0.2) is 59.5 Å². The Hall–Kier alpha value is -2.03. The molecular formula is C18H21N3O3S2. The maximum Gasteiger partial charge on any atom is 0.261 e. The molecule has 1 atom stereocenters. The number of amides is 1. The Kier molecular flexibility index (Phi) is 6.18. The Morgan fingerprint density at radius 1 is 1.08 bits per heavy atom. The molecule has 8 heteroatoms. The first kappa shape index (κ1) is 18.8. The lowest BCUT2D eigenvalue weighted by Crippen LogP contribution is -2.39. The number of hydrogen-bond donors (Lipinski definition) is 3. The molecular weight excluding hydrogens is 370 g/mol. The van der Waals surface area contributed by atoms with E-state index in [1.807, 2.05) is 11.8 Å². The van der Waals surface area contributed by atoms with Gasteiger partial charge in [-0.2, -0.15) is 11.8 Å². The molecule has 138 valence electrons. The lowest BCUT2D eigenvalue weighted by Gasteiger charge is -2.22. The summed E-state index contributed by atoms with van der Waals surface area (Å²) in [4.78, 5) is 12.5. The number of thioether (sulfide) groups is 1. The van der Waals surface area contributed by atoms with E-state index in [1.165, 1.54) is 12.1 Å². The van der Waals surface area contributed by atoms with E-state index in [-0.39, 0.29) is 16.8 Å². The van der Waals surface area contributed by atoms with Crippen molar-refractivity contribution >= 4 is 39.1 Å². The van der Waals surface area contributed by atoms with Gasteiger partial charge in [-0.15, -0.1) is 0 Å². The minimum Gasteiger partial charge on any atom is -0.324 e. The molecule has 1 fully saturated rings. The molecule has 0 aromatic heterocycles. The van der Waals surface area contributed by atoms with Gasteiger partial charge in [-0.25, -0.2) is 8.42 Å². The molecule has 1 aliphatic rings. The predicted octanol–water partition coefficient (Wildman–Crippen LogP) is 2.52. The number of carbonyl (C=O) groups excluding carboxylic acids is 1. The van der Waals surface area contributed by atoms with E-state index in [1.54, 1.807) is 42.5 Å². The largest absolute Gasteiger partial charge is 0.324 e. The Labute approximate surface area is 157 Å². The van der Waals surface area contributed by atoms with Gasteiger partial charge in [-0.1, -0.05) is 30.3 Å². The van der Waals surface area contributed by atoms with Crippen LogP contribution in [0.5, 0.6) is 0 Å². The molecule has 3 rings (SSSR count). The molecule has 0 saturated carbocycles. The molecule has 1 saturated heterocycles. The highest BCUT2D eigenvalue weighted by atomic mass is 32.2. The summed E-state index contributed by atoms with van der Waals surface area (Å²) in [6, 6.07) is 15.1. The highest BCUT2D eigenvalue weighted by Crippen LogP contribution is 2.25. The van der Waals surface area contributed by atoms with Crippen molar-refractivity contribution in [3.8, 4) is 0 Å². The van der Waals surface area contributed by atoms with Crippen LogP contribution in [0.4, 0.5) is 11.4 Å². The highest BCUT2D eigenvalue weighted by molar-refractivity contribution is 7.99. The van der Waals surface area contributed by atoms with Crippen LogP contribution in [0.25, 0.3) is 0 Å². The van der Waals surface area contributed by atoms with Gasteiger partial charge in [0.05, 0.1) is 16.3 Å². The molecule has 0 bridgehead atoms. The molecule has 1 amide bonds. The van der Waals surface area contributed by atoms with Gasteiger partial charge in [0, 0.05) is 30.5 Å². The average molecular weight is 392 g/mol. The number of rotatable bonds is 6. The van der Waals surface area contributed by atoms with Crippen LogP contribution in [0, 0.1) is 0 Å². The van der Waals surface area contributed by atoms with Gasteiger partial charge in [0.15, 0.2) is 0 Å². The third kappa shape index (κ3) is 5.00. The van der Waals surface area contributed by atoms with Gasteiger partial charge in [-0.05, 0) is 24.3 Å². The summed E-state index contributed by atoms with van der Waals surface area (Å²) >= 11 is 1.83. The molecule has 1 unspecified atom stereocenters. The molecule has 1 heterocycles. The van der Waals surface area contributed by atoms with Crippen molar-refractivity contribution in [2.75, 3.05) is 28.1 Å². The van der Waals surface area contributed by atoms with E-state index in [0.29, 0.717) is 17.8 Å². The monoisotopic (exact) mass is 391 g/mol. The summed E-state index contributed by atoms with van der Waals surface area (Å²) in [5.41, 5.74) is 0.788. The van der Waals surface area contributed by atoms with Crippen molar-refractivity contribution in [2.24, 2.45) is 0 Å². The van der Waals surface area contributed by atoms with E-state index in [0.717, 1.165) is 18.1 Å². The van der Waals surface area contributed by atoms with Gasteiger partial charge in [0.2, 0.25) is 5.91 Å². The van der Waals surface area contributed by atoms with Gasteiger partial charge in [-0.3, -0.25) is 9.52 Å². The predicted molar refractivity (Wildman–Crippen MR) is 106 cm³/mol. The molecule has 0 spiro atoms. The van der Waals surface area contributed by atoms with Crippen LogP contribution in [-0.4, -0.2) is 38.4 Å². The van der Waals surface area contributed by atoms with Crippen LogP contribution >= 0.6 is 11.8 Å². The van der Waals surface area contributed by atoms with Crippen LogP contribution < -0.4 is 15.4 Å². The molecule has 26 heavy (non-hydrogen) atoms. The normalized spacial score (nSPS) is 17.5. The maximum absolute atomic E-state index is 12.5. The molecule has 6 nitrogen and oxygen atoms in total.